The van der Waals surface area contributed by atoms with E-state index >= 15 is 0 Å². The zero-order valence-electron chi connectivity index (χ0n) is 7.83. The highest BCUT2D eigenvalue weighted by molar-refractivity contribution is 5.86. The first-order valence-corrected chi connectivity index (χ1v) is 4.11. The van der Waals surface area contributed by atoms with Crippen LogP contribution >= 0.6 is 0 Å². The Morgan fingerprint density at radius 1 is 1.42 bits per heavy atom. The molecule has 2 N–H and O–H groups in total. The number of carbonyl (C=O) groups is 2. The molecule has 0 aliphatic carbocycles. The van der Waals surface area contributed by atoms with Gasteiger partial charge in [0.05, 0.1) is 0 Å². The number of rotatable bonds is 4. The Bertz CT molecular complexity index is 180. The Hall–Kier alpha value is -0.900. The topological polar surface area (TPSA) is 63.4 Å². The number of ketones is 1. The molecular weight excluding hydrogens is 156 g/mol. The maximum atomic E-state index is 11.1. The summed E-state index contributed by atoms with van der Waals surface area (Å²) in [6, 6.07) is -0.461. The van der Waals surface area contributed by atoms with Gasteiger partial charge in [-0.15, -0.1) is 0 Å². The molecule has 0 radical (unpaired) electrons. The predicted molar refractivity (Wildman–Crippen MR) is 46.1 cm³/mol. The van der Waals surface area contributed by atoms with Crippen LogP contribution in [0.2, 0.25) is 0 Å². The molecule has 0 saturated heterocycles. The van der Waals surface area contributed by atoms with E-state index in [4.69, 9.17) is 5.84 Å². The Kier molecular flexibility index (Phi) is 4.51. The summed E-state index contributed by atoms with van der Waals surface area (Å²) in [5.41, 5.74) is 0. The van der Waals surface area contributed by atoms with Crippen molar-refractivity contribution in [3.8, 4) is 0 Å². The van der Waals surface area contributed by atoms with Crippen LogP contribution in [0.1, 0.15) is 33.6 Å². The lowest BCUT2D eigenvalue weighted by molar-refractivity contribution is -0.139. The van der Waals surface area contributed by atoms with E-state index in [9.17, 15) is 9.59 Å². The van der Waals surface area contributed by atoms with Gasteiger partial charge in [0.15, 0.2) is 5.78 Å². The Morgan fingerprint density at radius 2 is 1.92 bits per heavy atom. The average Bonchev–Trinajstić information content (AvgIpc) is 2.03. The second kappa shape index (κ2) is 4.87. The van der Waals surface area contributed by atoms with Gasteiger partial charge in [0, 0.05) is 6.42 Å². The van der Waals surface area contributed by atoms with Gasteiger partial charge in [-0.05, 0) is 13.3 Å². The molecule has 0 aliphatic heterocycles. The first-order valence-electron chi connectivity index (χ1n) is 4.11. The minimum absolute atomic E-state index is 0.0678. The third-order valence-corrected chi connectivity index (χ3v) is 1.78. The van der Waals surface area contributed by atoms with Gasteiger partial charge in [0.2, 0.25) is 5.91 Å². The summed E-state index contributed by atoms with van der Waals surface area (Å²) in [6.45, 7) is 4.99. The van der Waals surface area contributed by atoms with E-state index in [1.165, 1.54) is 6.92 Å². The van der Waals surface area contributed by atoms with Gasteiger partial charge in [-0.25, -0.2) is 5.84 Å². The summed E-state index contributed by atoms with van der Waals surface area (Å²) in [4.78, 5) is 22.0. The molecule has 0 spiro atoms. The van der Waals surface area contributed by atoms with Gasteiger partial charge >= 0.3 is 0 Å². The molecule has 0 aromatic rings. The number of hydrogen-bond acceptors (Lipinski definition) is 3. The molecule has 0 fully saturated rings. The number of carbonyl (C=O) groups excluding carboxylic acids is 2. The summed E-state index contributed by atoms with van der Waals surface area (Å²) in [7, 11) is 0. The monoisotopic (exact) mass is 172 g/mol. The lowest BCUT2D eigenvalue weighted by Gasteiger charge is -2.23. The van der Waals surface area contributed by atoms with Crippen molar-refractivity contribution in [1.82, 2.24) is 5.01 Å². The summed E-state index contributed by atoms with van der Waals surface area (Å²) in [5.74, 6) is 5.18. The standard InChI is InChI=1S/C8H16N2O2/c1-4-7(6(3)11)10(9)8(12)5-2/h7H,4-5,9H2,1-3H3/t7-/m0/s1. The van der Waals surface area contributed by atoms with Crippen molar-refractivity contribution in [2.45, 2.75) is 39.7 Å². The average molecular weight is 172 g/mol. The van der Waals surface area contributed by atoms with Gasteiger partial charge in [0.1, 0.15) is 6.04 Å². The molecule has 0 aromatic carbocycles. The molecule has 12 heavy (non-hydrogen) atoms. The molecule has 1 atom stereocenters. The lowest BCUT2D eigenvalue weighted by atomic mass is 10.1. The van der Waals surface area contributed by atoms with Crippen LogP contribution < -0.4 is 5.84 Å². The predicted octanol–water partition coefficient (Wildman–Crippen LogP) is 0.466. The van der Waals surface area contributed by atoms with Crippen molar-refractivity contribution >= 4 is 11.7 Å². The molecule has 0 aliphatic rings. The van der Waals surface area contributed by atoms with E-state index < -0.39 is 6.04 Å². The molecule has 0 aromatic heterocycles. The molecule has 0 rings (SSSR count). The third-order valence-electron chi connectivity index (χ3n) is 1.78. The Balaban J connectivity index is 4.30. The van der Waals surface area contributed by atoms with Gasteiger partial charge in [0.25, 0.3) is 0 Å². The number of hydrogen-bond donors (Lipinski definition) is 1. The fraction of sp³-hybridized carbons (Fsp3) is 0.750. The SMILES string of the molecule is CCC(=O)N(N)[C@@H](CC)C(C)=O. The van der Waals surface area contributed by atoms with Gasteiger partial charge in [-0.2, -0.15) is 0 Å². The smallest absolute Gasteiger partial charge is 0.236 e. The van der Waals surface area contributed by atoms with Crippen LogP contribution in [-0.2, 0) is 9.59 Å². The van der Waals surface area contributed by atoms with Crippen molar-refractivity contribution in [2.24, 2.45) is 5.84 Å². The van der Waals surface area contributed by atoms with Crippen molar-refractivity contribution in [3.63, 3.8) is 0 Å². The van der Waals surface area contributed by atoms with Crippen LogP contribution in [-0.4, -0.2) is 22.7 Å². The van der Waals surface area contributed by atoms with E-state index in [0.717, 1.165) is 5.01 Å². The molecule has 0 unspecified atom stereocenters. The molecule has 1 amide bonds. The van der Waals surface area contributed by atoms with Crippen molar-refractivity contribution in [2.75, 3.05) is 0 Å². The van der Waals surface area contributed by atoms with E-state index in [1.54, 1.807) is 6.92 Å². The van der Waals surface area contributed by atoms with E-state index in [-0.39, 0.29) is 11.7 Å². The first kappa shape index (κ1) is 11.1. The fourth-order valence-corrected chi connectivity index (χ4v) is 1.04. The highest BCUT2D eigenvalue weighted by Gasteiger charge is 2.21. The van der Waals surface area contributed by atoms with Crippen molar-refractivity contribution in [1.29, 1.82) is 0 Å². The normalized spacial score (nSPS) is 12.3. The molecular formula is C8H16N2O2. The summed E-state index contributed by atoms with van der Waals surface area (Å²) in [6.07, 6.45) is 0.901. The third kappa shape index (κ3) is 2.62. The minimum Gasteiger partial charge on any atom is -0.298 e. The summed E-state index contributed by atoms with van der Waals surface area (Å²) >= 11 is 0. The van der Waals surface area contributed by atoms with E-state index in [0.29, 0.717) is 12.8 Å². The Morgan fingerprint density at radius 3 is 2.17 bits per heavy atom. The Labute approximate surface area is 72.7 Å². The number of hydrazine groups is 1. The van der Waals surface area contributed by atoms with Crippen LogP contribution in [0, 0.1) is 0 Å². The lowest BCUT2D eigenvalue weighted by Crippen LogP contribution is -2.48. The molecule has 4 nitrogen and oxygen atoms in total. The number of nitrogens with zero attached hydrogens (tertiary/aromatic N) is 1. The number of Topliss-reactive ketones (excluding diaryl/α,β-unsaturated/α-hetero) is 1. The van der Waals surface area contributed by atoms with E-state index in [2.05, 4.69) is 0 Å². The molecule has 0 bridgehead atoms. The molecule has 0 saturated carbocycles. The molecule has 70 valence electrons. The van der Waals surface area contributed by atoms with Crippen LogP contribution in [0.25, 0.3) is 0 Å². The summed E-state index contributed by atoms with van der Waals surface area (Å²) in [5, 5.41) is 1.03. The fourth-order valence-electron chi connectivity index (χ4n) is 1.04. The summed E-state index contributed by atoms with van der Waals surface area (Å²) < 4.78 is 0. The van der Waals surface area contributed by atoms with Crippen LogP contribution in [0.15, 0.2) is 0 Å². The number of amides is 1. The van der Waals surface area contributed by atoms with Crippen molar-refractivity contribution in [3.05, 3.63) is 0 Å². The molecule has 4 heteroatoms. The van der Waals surface area contributed by atoms with E-state index in [1.807, 2.05) is 6.92 Å². The zero-order valence-corrected chi connectivity index (χ0v) is 7.83. The first-order chi connectivity index (χ1) is 5.54. The van der Waals surface area contributed by atoms with Crippen molar-refractivity contribution < 1.29 is 9.59 Å². The van der Waals surface area contributed by atoms with Gasteiger partial charge in [-0.3, -0.25) is 14.6 Å². The maximum absolute atomic E-state index is 11.1. The second-order valence-corrected chi connectivity index (χ2v) is 2.69. The van der Waals surface area contributed by atoms with Crippen LogP contribution in [0.3, 0.4) is 0 Å². The largest absolute Gasteiger partial charge is 0.298 e. The van der Waals surface area contributed by atoms with Gasteiger partial charge in [-0.1, -0.05) is 13.8 Å². The highest BCUT2D eigenvalue weighted by atomic mass is 16.2. The van der Waals surface area contributed by atoms with Crippen LogP contribution in [0.4, 0.5) is 0 Å². The highest BCUT2D eigenvalue weighted by Crippen LogP contribution is 2.02. The van der Waals surface area contributed by atoms with Gasteiger partial charge < -0.3 is 0 Å². The minimum atomic E-state index is -0.461. The maximum Gasteiger partial charge on any atom is 0.236 e. The quantitative estimate of drug-likeness (QED) is 0.381. The van der Waals surface area contributed by atoms with Crippen LogP contribution in [0.5, 0.6) is 0 Å². The molecule has 0 heterocycles. The zero-order chi connectivity index (χ0) is 9.72. The number of nitrogens with two attached hydrogens (primary N) is 1. The second-order valence-electron chi connectivity index (χ2n) is 2.69.